The third kappa shape index (κ3) is 3.94. The van der Waals surface area contributed by atoms with Gasteiger partial charge in [-0.1, -0.05) is 12.1 Å². The monoisotopic (exact) mass is 355 g/mol. The van der Waals surface area contributed by atoms with Gasteiger partial charge in [0.05, 0.1) is 24.6 Å². The maximum atomic E-state index is 12.4. The number of hydrogen-bond donors (Lipinski definition) is 2. The lowest BCUT2D eigenvalue weighted by atomic mass is 10.2. The Hall–Kier alpha value is -3.06. The average Bonchev–Trinajstić information content (AvgIpc) is 2.68. The molecule has 136 valence electrons. The Morgan fingerprint density at radius 3 is 2.42 bits per heavy atom. The Bertz CT molecular complexity index is 786. The van der Waals surface area contributed by atoms with Crippen molar-refractivity contribution < 1.29 is 19.4 Å². The van der Waals surface area contributed by atoms with Gasteiger partial charge < -0.3 is 25.0 Å². The van der Waals surface area contributed by atoms with Crippen LogP contribution in [0, 0.1) is 0 Å². The van der Waals surface area contributed by atoms with Gasteiger partial charge in [0.15, 0.2) is 0 Å². The highest BCUT2D eigenvalue weighted by Crippen LogP contribution is 2.26. The normalized spacial score (nSPS) is 14.0. The number of amides is 2. The van der Waals surface area contributed by atoms with Crippen molar-refractivity contribution in [3.8, 4) is 5.75 Å². The van der Waals surface area contributed by atoms with Gasteiger partial charge >= 0.3 is 11.8 Å². The molecule has 3 rings (SSSR count). The van der Waals surface area contributed by atoms with Gasteiger partial charge in [-0.15, -0.1) is 0 Å². The molecule has 0 spiro atoms. The van der Waals surface area contributed by atoms with Crippen LogP contribution in [0.2, 0.25) is 0 Å². The van der Waals surface area contributed by atoms with E-state index < -0.39 is 11.8 Å². The Labute approximate surface area is 151 Å². The first-order valence-electron chi connectivity index (χ1n) is 8.36. The summed E-state index contributed by atoms with van der Waals surface area (Å²) in [7, 11) is 1.52. The lowest BCUT2D eigenvalue weighted by Gasteiger charge is -2.30. The number of phenolic OH excluding ortho intramolecular Hbond substituents is 1. The van der Waals surface area contributed by atoms with Crippen molar-refractivity contribution in [1.29, 1.82) is 0 Å². The van der Waals surface area contributed by atoms with E-state index in [1.807, 2.05) is 18.2 Å². The average molecular weight is 355 g/mol. The Kier molecular flexibility index (Phi) is 5.38. The van der Waals surface area contributed by atoms with Crippen molar-refractivity contribution >= 4 is 28.9 Å². The van der Waals surface area contributed by atoms with Crippen molar-refractivity contribution in [2.45, 2.75) is 0 Å². The molecule has 7 heteroatoms. The molecule has 2 amide bonds. The summed E-state index contributed by atoms with van der Waals surface area (Å²) in [6, 6.07) is 13.5. The fourth-order valence-electron chi connectivity index (χ4n) is 2.78. The van der Waals surface area contributed by atoms with Crippen molar-refractivity contribution in [2.24, 2.45) is 0 Å². The highest BCUT2D eigenvalue weighted by molar-refractivity contribution is 6.44. The molecule has 0 saturated carbocycles. The number of carbonyl (C=O) groups excluding carboxylic acids is 2. The zero-order chi connectivity index (χ0) is 18.5. The molecule has 0 aliphatic carbocycles. The summed E-state index contributed by atoms with van der Waals surface area (Å²) < 4.78 is 5.36. The number of hydrogen-bond acceptors (Lipinski definition) is 5. The van der Waals surface area contributed by atoms with E-state index in [4.69, 9.17) is 4.74 Å². The molecule has 1 aliphatic rings. The number of para-hydroxylation sites is 2. The van der Waals surface area contributed by atoms with Crippen molar-refractivity contribution in [3.63, 3.8) is 0 Å². The second-order valence-electron chi connectivity index (χ2n) is 5.95. The van der Waals surface area contributed by atoms with Crippen molar-refractivity contribution in [3.05, 3.63) is 48.5 Å². The zero-order valence-corrected chi connectivity index (χ0v) is 14.5. The van der Waals surface area contributed by atoms with Crippen LogP contribution in [0.3, 0.4) is 0 Å². The SMILES string of the molecule is CN(C(=O)C(=O)Nc1ccccc1N1CCOCC1)c1ccc(O)cc1. The molecule has 2 aromatic rings. The molecule has 0 bridgehead atoms. The van der Waals surface area contributed by atoms with Crippen molar-refractivity contribution in [1.82, 2.24) is 0 Å². The summed E-state index contributed by atoms with van der Waals surface area (Å²) in [5.41, 5.74) is 1.97. The Morgan fingerprint density at radius 1 is 1.08 bits per heavy atom. The summed E-state index contributed by atoms with van der Waals surface area (Å²) in [6.45, 7) is 2.72. The first-order chi connectivity index (χ1) is 12.6. The molecule has 1 heterocycles. The highest BCUT2D eigenvalue weighted by atomic mass is 16.5. The lowest BCUT2D eigenvalue weighted by molar-refractivity contribution is -0.134. The van der Waals surface area contributed by atoms with Crippen LogP contribution in [0.15, 0.2) is 48.5 Å². The maximum absolute atomic E-state index is 12.4. The van der Waals surface area contributed by atoms with Crippen molar-refractivity contribution in [2.75, 3.05) is 48.5 Å². The zero-order valence-electron chi connectivity index (χ0n) is 14.5. The first-order valence-corrected chi connectivity index (χ1v) is 8.36. The lowest BCUT2D eigenvalue weighted by Crippen LogP contribution is -2.39. The van der Waals surface area contributed by atoms with E-state index in [-0.39, 0.29) is 5.75 Å². The number of likely N-dealkylation sites (N-methyl/N-ethyl adjacent to an activating group) is 1. The molecular weight excluding hydrogens is 334 g/mol. The fourth-order valence-corrected chi connectivity index (χ4v) is 2.78. The molecule has 7 nitrogen and oxygen atoms in total. The van der Waals surface area contributed by atoms with Crippen LogP contribution in [-0.4, -0.2) is 50.3 Å². The summed E-state index contributed by atoms with van der Waals surface area (Å²) in [6.07, 6.45) is 0. The Morgan fingerprint density at radius 2 is 1.73 bits per heavy atom. The number of morpholine rings is 1. The molecule has 1 fully saturated rings. The number of rotatable bonds is 3. The van der Waals surface area contributed by atoms with Gasteiger partial charge in [-0.05, 0) is 36.4 Å². The molecule has 0 atom stereocenters. The van der Waals surface area contributed by atoms with E-state index in [1.54, 1.807) is 18.2 Å². The largest absolute Gasteiger partial charge is 0.508 e. The van der Waals surface area contributed by atoms with Gasteiger partial charge in [0, 0.05) is 25.8 Å². The first kappa shape index (κ1) is 17.8. The molecule has 0 aromatic heterocycles. The summed E-state index contributed by atoms with van der Waals surface area (Å²) >= 11 is 0. The number of phenols is 1. The van der Waals surface area contributed by atoms with E-state index in [9.17, 15) is 14.7 Å². The van der Waals surface area contributed by atoms with E-state index in [2.05, 4.69) is 10.2 Å². The highest BCUT2D eigenvalue weighted by Gasteiger charge is 2.22. The van der Waals surface area contributed by atoms with E-state index in [1.165, 1.54) is 24.1 Å². The van der Waals surface area contributed by atoms with Crippen LogP contribution in [0.4, 0.5) is 17.1 Å². The standard InChI is InChI=1S/C19H21N3O4/c1-21(14-6-8-15(23)9-7-14)19(25)18(24)20-16-4-2-3-5-17(16)22-10-12-26-13-11-22/h2-9,23H,10-13H2,1H3,(H,20,24). The van der Waals surface area contributed by atoms with Gasteiger partial charge in [-0.2, -0.15) is 0 Å². The number of benzene rings is 2. The van der Waals surface area contributed by atoms with E-state index in [0.717, 1.165) is 18.8 Å². The topological polar surface area (TPSA) is 82.1 Å². The molecule has 1 aliphatic heterocycles. The van der Waals surface area contributed by atoms with Gasteiger partial charge in [-0.3, -0.25) is 9.59 Å². The van der Waals surface area contributed by atoms with Gasteiger partial charge in [-0.25, -0.2) is 0 Å². The van der Waals surface area contributed by atoms with Crippen LogP contribution in [-0.2, 0) is 14.3 Å². The van der Waals surface area contributed by atoms with Gasteiger partial charge in [0.25, 0.3) is 0 Å². The van der Waals surface area contributed by atoms with Crippen LogP contribution in [0.1, 0.15) is 0 Å². The quantitative estimate of drug-likeness (QED) is 0.821. The molecule has 2 N–H and O–H groups in total. The van der Waals surface area contributed by atoms with Crippen LogP contribution in [0.25, 0.3) is 0 Å². The predicted octanol–water partition coefficient (Wildman–Crippen LogP) is 1.83. The molecule has 2 aromatic carbocycles. The van der Waals surface area contributed by atoms with Gasteiger partial charge in [0.2, 0.25) is 0 Å². The summed E-state index contributed by atoms with van der Waals surface area (Å²) in [5, 5.41) is 12.0. The predicted molar refractivity (Wildman–Crippen MR) is 99.6 cm³/mol. The molecule has 26 heavy (non-hydrogen) atoms. The second kappa shape index (κ2) is 7.88. The number of nitrogens with one attached hydrogen (secondary N) is 1. The van der Waals surface area contributed by atoms with E-state index in [0.29, 0.717) is 24.6 Å². The number of nitrogens with zero attached hydrogens (tertiary/aromatic N) is 2. The third-order valence-corrected chi connectivity index (χ3v) is 4.24. The smallest absolute Gasteiger partial charge is 0.316 e. The summed E-state index contributed by atoms with van der Waals surface area (Å²) in [5.74, 6) is -1.31. The Balaban J connectivity index is 1.73. The van der Waals surface area contributed by atoms with E-state index >= 15 is 0 Å². The summed E-state index contributed by atoms with van der Waals surface area (Å²) in [4.78, 5) is 28.2. The van der Waals surface area contributed by atoms with Crippen LogP contribution >= 0.6 is 0 Å². The van der Waals surface area contributed by atoms with Crippen LogP contribution < -0.4 is 15.1 Å². The minimum Gasteiger partial charge on any atom is -0.508 e. The molecule has 1 saturated heterocycles. The maximum Gasteiger partial charge on any atom is 0.316 e. The molecule has 0 unspecified atom stereocenters. The minimum absolute atomic E-state index is 0.0958. The number of anilines is 3. The minimum atomic E-state index is -0.721. The van der Waals surface area contributed by atoms with Gasteiger partial charge in [0.1, 0.15) is 5.75 Å². The molecule has 0 radical (unpaired) electrons. The van der Waals surface area contributed by atoms with Crippen LogP contribution in [0.5, 0.6) is 5.75 Å². The second-order valence-corrected chi connectivity index (χ2v) is 5.95. The number of carbonyl (C=O) groups is 2. The number of aromatic hydroxyl groups is 1. The fraction of sp³-hybridized carbons (Fsp3) is 0.263. The molecular formula is C19H21N3O4. The number of ether oxygens (including phenoxy) is 1. The third-order valence-electron chi connectivity index (χ3n) is 4.24.